The fourth-order valence-electron chi connectivity index (χ4n) is 2.93. The largest absolute Gasteiger partial charge is 0.351 e. The summed E-state index contributed by atoms with van der Waals surface area (Å²) in [4.78, 5) is 12.4. The molecule has 0 spiro atoms. The number of benzene rings is 2. The van der Waals surface area contributed by atoms with Crippen LogP contribution in [0.25, 0.3) is 10.8 Å². The van der Waals surface area contributed by atoms with Crippen molar-refractivity contribution in [1.82, 2.24) is 5.32 Å². The molecule has 1 fully saturated rings. The topological polar surface area (TPSA) is 29.1 Å². The van der Waals surface area contributed by atoms with Crippen molar-refractivity contribution < 1.29 is 9.18 Å². The van der Waals surface area contributed by atoms with E-state index >= 15 is 0 Å². The molecule has 1 N–H and O–H groups in total. The Balaban J connectivity index is 1.84. The Morgan fingerprint density at radius 3 is 2.48 bits per heavy atom. The Kier molecular flexibility index (Phi) is 3.44. The number of rotatable bonds is 4. The van der Waals surface area contributed by atoms with E-state index in [2.05, 4.69) is 19.2 Å². The summed E-state index contributed by atoms with van der Waals surface area (Å²) in [5.74, 6) is 0.170. The van der Waals surface area contributed by atoms with Gasteiger partial charge in [-0.15, -0.1) is 0 Å². The molecular formula is C18H20FNO. The summed E-state index contributed by atoms with van der Waals surface area (Å²) >= 11 is 0. The van der Waals surface area contributed by atoms with Gasteiger partial charge in [0.25, 0.3) is 5.91 Å². The second-order valence-electron chi connectivity index (χ2n) is 6.34. The first-order valence-corrected chi connectivity index (χ1v) is 7.49. The SMILES string of the molecule is CC(C)C1(CNC(=O)c2ccc(F)c3ccccc23)CC1. The minimum absolute atomic E-state index is 0.113. The van der Waals surface area contributed by atoms with Gasteiger partial charge in [-0.3, -0.25) is 4.79 Å². The zero-order valence-corrected chi connectivity index (χ0v) is 12.4. The van der Waals surface area contributed by atoms with Crippen molar-refractivity contribution in [2.45, 2.75) is 26.7 Å². The molecule has 1 aliphatic rings. The summed E-state index contributed by atoms with van der Waals surface area (Å²) in [6.45, 7) is 5.11. The van der Waals surface area contributed by atoms with E-state index in [1.807, 2.05) is 6.07 Å². The number of carbonyl (C=O) groups excluding carboxylic acids is 1. The van der Waals surface area contributed by atoms with Crippen LogP contribution in [0, 0.1) is 17.2 Å². The van der Waals surface area contributed by atoms with Gasteiger partial charge in [-0.1, -0.05) is 38.1 Å². The van der Waals surface area contributed by atoms with Gasteiger partial charge in [0, 0.05) is 17.5 Å². The van der Waals surface area contributed by atoms with E-state index in [4.69, 9.17) is 0 Å². The van der Waals surface area contributed by atoms with E-state index in [9.17, 15) is 9.18 Å². The molecule has 0 aromatic heterocycles. The molecule has 21 heavy (non-hydrogen) atoms. The van der Waals surface area contributed by atoms with Crippen LogP contribution in [0.5, 0.6) is 0 Å². The molecule has 3 rings (SSSR count). The molecule has 0 unspecified atom stereocenters. The van der Waals surface area contributed by atoms with Gasteiger partial charge >= 0.3 is 0 Å². The Hall–Kier alpha value is -1.90. The first-order valence-electron chi connectivity index (χ1n) is 7.49. The molecule has 1 aliphatic carbocycles. The van der Waals surface area contributed by atoms with Crippen LogP contribution < -0.4 is 5.32 Å². The van der Waals surface area contributed by atoms with E-state index in [1.54, 1.807) is 24.3 Å². The van der Waals surface area contributed by atoms with Gasteiger partial charge in [-0.2, -0.15) is 0 Å². The quantitative estimate of drug-likeness (QED) is 0.898. The first kappa shape index (κ1) is 14.1. The van der Waals surface area contributed by atoms with Crippen LogP contribution in [0.1, 0.15) is 37.0 Å². The lowest BCUT2D eigenvalue weighted by Gasteiger charge is -2.20. The molecule has 0 radical (unpaired) electrons. The van der Waals surface area contributed by atoms with Gasteiger partial charge in [0.1, 0.15) is 5.82 Å². The predicted molar refractivity (Wildman–Crippen MR) is 82.7 cm³/mol. The van der Waals surface area contributed by atoms with E-state index in [0.29, 0.717) is 28.8 Å². The van der Waals surface area contributed by atoms with Crippen LogP contribution >= 0.6 is 0 Å². The number of halogens is 1. The molecule has 0 atom stereocenters. The van der Waals surface area contributed by atoms with Crippen molar-refractivity contribution in [3.05, 3.63) is 47.8 Å². The van der Waals surface area contributed by atoms with E-state index < -0.39 is 0 Å². The number of nitrogens with one attached hydrogen (secondary N) is 1. The molecule has 0 bridgehead atoms. The highest BCUT2D eigenvalue weighted by Crippen LogP contribution is 2.51. The third-order valence-electron chi connectivity index (χ3n) is 4.83. The highest BCUT2D eigenvalue weighted by molar-refractivity contribution is 6.07. The van der Waals surface area contributed by atoms with Crippen LogP contribution in [-0.2, 0) is 0 Å². The predicted octanol–water partition coefficient (Wildman–Crippen LogP) is 4.14. The van der Waals surface area contributed by atoms with Crippen LogP contribution in [0.4, 0.5) is 4.39 Å². The molecule has 3 heteroatoms. The van der Waals surface area contributed by atoms with Gasteiger partial charge in [0.2, 0.25) is 0 Å². The monoisotopic (exact) mass is 285 g/mol. The number of hydrogen-bond donors (Lipinski definition) is 1. The lowest BCUT2D eigenvalue weighted by Crippen LogP contribution is -2.32. The lowest BCUT2D eigenvalue weighted by atomic mass is 9.92. The van der Waals surface area contributed by atoms with Crippen LogP contribution in [0.2, 0.25) is 0 Å². The highest BCUT2D eigenvalue weighted by atomic mass is 19.1. The molecule has 2 aromatic rings. The van der Waals surface area contributed by atoms with Gasteiger partial charge in [0.05, 0.1) is 0 Å². The maximum absolute atomic E-state index is 13.8. The number of hydrogen-bond acceptors (Lipinski definition) is 1. The van der Waals surface area contributed by atoms with Crippen molar-refractivity contribution in [2.75, 3.05) is 6.54 Å². The third kappa shape index (κ3) is 2.53. The van der Waals surface area contributed by atoms with Crippen molar-refractivity contribution in [3.63, 3.8) is 0 Å². The number of fused-ring (bicyclic) bond motifs is 1. The van der Waals surface area contributed by atoms with Gasteiger partial charge in [-0.25, -0.2) is 4.39 Å². The summed E-state index contributed by atoms with van der Waals surface area (Å²) in [5, 5.41) is 4.20. The summed E-state index contributed by atoms with van der Waals surface area (Å²) < 4.78 is 13.8. The fraction of sp³-hybridized carbons (Fsp3) is 0.389. The number of carbonyl (C=O) groups is 1. The molecule has 0 saturated heterocycles. The Morgan fingerprint density at radius 1 is 1.19 bits per heavy atom. The molecule has 1 saturated carbocycles. The van der Waals surface area contributed by atoms with Crippen molar-refractivity contribution in [3.8, 4) is 0 Å². The van der Waals surface area contributed by atoms with Crippen LogP contribution in [-0.4, -0.2) is 12.5 Å². The summed E-state index contributed by atoms with van der Waals surface area (Å²) in [5.41, 5.74) is 0.817. The molecule has 2 aromatic carbocycles. The second-order valence-corrected chi connectivity index (χ2v) is 6.34. The summed E-state index contributed by atoms with van der Waals surface area (Å²) in [6, 6.07) is 10.1. The maximum atomic E-state index is 13.8. The van der Waals surface area contributed by atoms with Crippen LogP contribution in [0.3, 0.4) is 0 Å². The molecule has 110 valence electrons. The molecule has 2 nitrogen and oxygen atoms in total. The van der Waals surface area contributed by atoms with Crippen molar-refractivity contribution >= 4 is 16.7 Å². The minimum Gasteiger partial charge on any atom is -0.351 e. The van der Waals surface area contributed by atoms with E-state index in [-0.39, 0.29) is 17.1 Å². The standard InChI is InChI=1S/C18H20FNO/c1-12(2)18(9-10-18)11-20-17(21)15-7-8-16(19)14-6-4-3-5-13(14)15/h3-8,12H,9-11H2,1-2H3,(H,20,21). The first-order chi connectivity index (χ1) is 10.0. The van der Waals surface area contributed by atoms with Gasteiger partial charge in [0.15, 0.2) is 0 Å². The zero-order chi connectivity index (χ0) is 15.0. The van der Waals surface area contributed by atoms with Crippen molar-refractivity contribution in [1.29, 1.82) is 0 Å². The second kappa shape index (κ2) is 5.14. The highest BCUT2D eigenvalue weighted by Gasteiger charge is 2.45. The normalized spacial score (nSPS) is 16.2. The Morgan fingerprint density at radius 2 is 1.86 bits per heavy atom. The van der Waals surface area contributed by atoms with Crippen LogP contribution in [0.15, 0.2) is 36.4 Å². The molecule has 0 heterocycles. The van der Waals surface area contributed by atoms with Gasteiger partial charge < -0.3 is 5.32 Å². The average molecular weight is 285 g/mol. The van der Waals surface area contributed by atoms with E-state index in [1.165, 1.54) is 18.9 Å². The maximum Gasteiger partial charge on any atom is 0.251 e. The zero-order valence-electron chi connectivity index (χ0n) is 12.4. The fourth-order valence-corrected chi connectivity index (χ4v) is 2.93. The van der Waals surface area contributed by atoms with E-state index in [0.717, 1.165) is 0 Å². The molecular weight excluding hydrogens is 265 g/mol. The van der Waals surface area contributed by atoms with Crippen molar-refractivity contribution in [2.24, 2.45) is 11.3 Å². The Bertz CT molecular complexity index is 689. The Labute approximate surface area is 124 Å². The molecule has 0 aliphatic heterocycles. The third-order valence-corrected chi connectivity index (χ3v) is 4.83. The number of amides is 1. The summed E-state index contributed by atoms with van der Waals surface area (Å²) in [7, 11) is 0. The average Bonchev–Trinajstić information content (AvgIpc) is 3.27. The minimum atomic E-state index is -0.289. The lowest BCUT2D eigenvalue weighted by molar-refractivity contribution is 0.0941. The summed E-state index contributed by atoms with van der Waals surface area (Å²) in [6.07, 6.45) is 2.35. The smallest absolute Gasteiger partial charge is 0.251 e. The van der Waals surface area contributed by atoms with Gasteiger partial charge in [-0.05, 0) is 41.7 Å². The molecule has 1 amide bonds.